The summed E-state index contributed by atoms with van der Waals surface area (Å²) in [6.45, 7) is 0.348. The monoisotopic (exact) mass is 378 g/mol. The zero-order valence-corrected chi connectivity index (χ0v) is 12.5. The first-order valence-electron chi connectivity index (χ1n) is 4.56. The molecular formula is C9H8Br2N4OS. The first-order valence-corrected chi connectivity index (χ1v) is 6.96. The van der Waals surface area contributed by atoms with Gasteiger partial charge in [-0.25, -0.2) is 5.84 Å². The number of benzene rings is 1. The molecule has 1 aromatic carbocycles. The Balaban J connectivity index is 2.07. The number of nitrogens with two attached hydrogens (primary N) is 1. The number of aromatic nitrogens is 2. The molecule has 2 aromatic rings. The van der Waals surface area contributed by atoms with E-state index in [1.165, 1.54) is 11.3 Å². The van der Waals surface area contributed by atoms with Crippen molar-refractivity contribution in [3.05, 3.63) is 32.2 Å². The molecule has 0 radical (unpaired) electrons. The predicted molar refractivity (Wildman–Crippen MR) is 73.9 cm³/mol. The number of ether oxygens (including phenoxy) is 1. The highest BCUT2D eigenvalue weighted by molar-refractivity contribution is 9.11. The van der Waals surface area contributed by atoms with E-state index < -0.39 is 0 Å². The van der Waals surface area contributed by atoms with Gasteiger partial charge >= 0.3 is 0 Å². The Bertz CT molecular complexity index is 499. The first-order chi connectivity index (χ1) is 8.20. The van der Waals surface area contributed by atoms with E-state index in [-0.39, 0.29) is 0 Å². The van der Waals surface area contributed by atoms with Crippen LogP contribution in [0.1, 0.15) is 5.01 Å². The molecule has 1 aromatic heterocycles. The minimum Gasteiger partial charge on any atom is -0.484 e. The van der Waals surface area contributed by atoms with Gasteiger partial charge in [-0.3, -0.25) is 5.43 Å². The lowest BCUT2D eigenvalue weighted by Gasteiger charge is -2.07. The summed E-state index contributed by atoms with van der Waals surface area (Å²) in [7, 11) is 0. The Kier molecular flexibility index (Phi) is 4.32. The van der Waals surface area contributed by atoms with Crippen LogP contribution in [0, 0.1) is 0 Å². The SMILES string of the molecule is NNc1nnc(COc2c(Br)cccc2Br)s1. The predicted octanol–water partition coefficient (Wildman–Crippen LogP) is 2.93. The number of hydrazine groups is 1. The third kappa shape index (κ3) is 3.15. The van der Waals surface area contributed by atoms with Crippen molar-refractivity contribution >= 4 is 48.3 Å². The summed E-state index contributed by atoms with van der Waals surface area (Å²) in [6, 6.07) is 5.74. The molecule has 90 valence electrons. The van der Waals surface area contributed by atoms with Crippen molar-refractivity contribution in [2.45, 2.75) is 6.61 Å². The van der Waals surface area contributed by atoms with E-state index >= 15 is 0 Å². The Hall–Kier alpha value is -0.700. The fraction of sp³-hybridized carbons (Fsp3) is 0.111. The molecule has 0 unspecified atom stereocenters. The van der Waals surface area contributed by atoms with Crippen LogP contribution in [0.25, 0.3) is 0 Å². The van der Waals surface area contributed by atoms with E-state index in [1.54, 1.807) is 0 Å². The zero-order chi connectivity index (χ0) is 12.3. The molecule has 1 heterocycles. The molecule has 0 aliphatic rings. The van der Waals surface area contributed by atoms with E-state index in [9.17, 15) is 0 Å². The summed E-state index contributed by atoms with van der Waals surface area (Å²) in [5, 5.41) is 9.07. The van der Waals surface area contributed by atoms with Gasteiger partial charge in [-0.05, 0) is 44.0 Å². The molecule has 0 aliphatic carbocycles. The summed E-state index contributed by atoms with van der Waals surface area (Å²) < 4.78 is 7.42. The van der Waals surface area contributed by atoms with Crippen LogP contribution in [0.3, 0.4) is 0 Å². The number of para-hydroxylation sites is 1. The first kappa shape index (κ1) is 12.7. The van der Waals surface area contributed by atoms with Crippen molar-refractivity contribution in [2.75, 3.05) is 5.43 Å². The van der Waals surface area contributed by atoms with Crippen LogP contribution in [0.5, 0.6) is 5.75 Å². The van der Waals surface area contributed by atoms with Gasteiger partial charge in [0.2, 0.25) is 5.13 Å². The van der Waals surface area contributed by atoms with Gasteiger partial charge in [0, 0.05) is 0 Å². The third-order valence-corrected chi connectivity index (χ3v) is 3.93. The average molecular weight is 380 g/mol. The summed E-state index contributed by atoms with van der Waals surface area (Å²) >= 11 is 8.19. The van der Waals surface area contributed by atoms with E-state index in [1.807, 2.05) is 18.2 Å². The third-order valence-electron chi connectivity index (χ3n) is 1.85. The number of nitrogens with one attached hydrogen (secondary N) is 1. The van der Waals surface area contributed by atoms with Crippen molar-refractivity contribution in [3.63, 3.8) is 0 Å². The lowest BCUT2D eigenvalue weighted by atomic mass is 10.3. The van der Waals surface area contributed by atoms with Crippen LogP contribution in [-0.2, 0) is 6.61 Å². The van der Waals surface area contributed by atoms with Crippen molar-refractivity contribution in [2.24, 2.45) is 5.84 Å². The number of hydrogen-bond acceptors (Lipinski definition) is 6. The maximum Gasteiger partial charge on any atom is 0.219 e. The lowest BCUT2D eigenvalue weighted by molar-refractivity contribution is 0.300. The Morgan fingerprint density at radius 2 is 2.00 bits per heavy atom. The van der Waals surface area contributed by atoms with E-state index in [0.717, 1.165) is 19.7 Å². The van der Waals surface area contributed by atoms with Crippen LogP contribution >= 0.6 is 43.2 Å². The molecule has 0 atom stereocenters. The molecule has 0 bridgehead atoms. The number of hydrogen-bond donors (Lipinski definition) is 2. The number of nitrogen functional groups attached to an aromatic ring is 1. The molecule has 8 heteroatoms. The summed E-state index contributed by atoms with van der Waals surface area (Å²) in [5.41, 5.74) is 2.44. The summed E-state index contributed by atoms with van der Waals surface area (Å²) in [4.78, 5) is 0. The number of halogens is 2. The molecule has 0 saturated carbocycles. The molecular weight excluding hydrogens is 372 g/mol. The molecule has 3 N–H and O–H groups in total. The maximum absolute atomic E-state index is 5.66. The van der Waals surface area contributed by atoms with E-state index in [4.69, 9.17) is 10.6 Å². The second kappa shape index (κ2) is 5.76. The number of anilines is 1. The largest absolute Gasteiger partial charge is 0.484 e. The van der Waals surface area contributed by atoms with Gasteiger partial charge < -0.3 is 4.74 Å². The van der Waals surface area contributed by atoms with Crippen LogP contribution in [0.15, 0.2) is 27.1 Å². The van der Waals surface area contributed by atoms with Gasteiger partial charge in [0.05, 0.1) is 8.95 Å². The topological polar surface area (TPSA) is 73.1 Å². The lowest BCUT2D eigenvalue weighted by Crippen LogP contribution is -2.05. The van der Waals surface area contributed by atoms with Gasteiger partial charge in [-0.1, -0.05) is 17.4 Å². The van der Waals surface area contributed by atoms with Crippen LogP contribution in [0.2, 0.25) is 0 Å². The molecule has 0 aliphatic heterocycles. The fourth-order valence-electron chi connectivity index (χ4n) is 1.12. The van der Waals surface area contributed by atoms with Gasteiger partial charge in [-0.15, -0.1) is 10.2 Å². The number of rotatable bonds is 4. The summed E-state index contributed by atoms with van der Waals surface area (Å²) in [5.74, 6) is 5.96. The molecule has 0 amide bonds. The Labute approximate surface area is 119 Å². The average Bonchev–Trinajstić information content (AvgIpc) is 2.76. The molecule has 5 nitrogen and oxygen atoms in total. The van der Waals surface area contributed by atoms with E-state index in [0.29, 0.717) is 11.7 Å². The van der Waals surface area contributed by atoms with Gasteiger partial charge in [0.1, 0.15) is 12.4 Å². The minimum absolute atomic E-state index is 0.348. The van der Waals surface area contributed by atoms with Gasteiger partial charge in [0.25, 0.3) is 0 Å². The van der Waals surface area contributed by atoms with E-state index in [2.05, 4.69) is 47.5 Å². The molecule has 0 saturated heterocycles. The van der Waals surface area contributed by atoms with Crippen molar-refractivity contribution in [3.8, 4) is 5.75 Å². The zero-order valence-electron chi connectivity index (χ0n) is 8.48. The summed E-state index contributed by atoms with van der Waals surface area (Å²) in [6.07, 6.45) is 0. The molecule has 17 heavy (non-hydrogen) atoms. The molecule has 0 spiro atoms. The van der Waals surface area contributed by atoms with Crippen molar-refractivity contribution in [1.82, 2.24) is 10.2 Å². The van der Waals surface area contributed by atoms with Crippen molar-refractivity contribution in [1.29, 1.82) is 0 Å². The number of nitrogens with zero attached hydrogens (tertiary/aromatic N) is 2. The highest BCUT2D eigenvalue weighted by atomic mass is 79.9. The van der Waals surface area contributed by atoms with Crippen LogP contribution < -0.4 is 16.0 Å². The van der Waals surface area contributed by atoms with Crippen molar-refractivity contribution < 1.29 is 4.74 Å². The standard InChI is InChI=1S/C9H8Br2N4OS/c10-5-2-1-3-6(11)8(5)16-4-7-14-15-9(13-12)17-7/h1-3H,4,12H2,(H,13,15). The second-order valence-electron chi connectivity index (χ2n) is 2.98. The smallest absolute Gasteiger partial charge is 0.219 e. The Morgan fingerprint density at radius 3 is 2.59 bits per heavy atom. The second-order valence-corrected chi connectivity index (χ2v) is 5.76. The Morgan fingerprint density at radius 1 is 1.29 bits per heavy atom. The molecule has 2 rings (SSSR count). The fourth-order valence-corrected chi connectivity index (χ4v) is 2.92. The van der Waals surface area contributed by atoms with Crippen LogP contribution in [0.4, 0.5) is 5.13 Å². The quantitative estimate of drug-likeness (QED) is 0.631. The minimum atomic E-state index is 0.348. The maximum atomic E-state index is 5.66. The van der Waals surface area contributed by atoms with Gasteiger partial charge in [-0.2, -0.15) is 0 Å². The highest BCUT2D eigenvalue weighted by Crippen LogP contribution is 2.33. The van der Waals surface area contributed by atoms with Crippen LogP contribution in [-0.4, -0.2) is 10.2 Å². The van der Waals surface area contributed by atoms with Gasteiger partial charge in [0.15, 0.2) is 5.01 Å². The molecule has 0 fully saturated rings. The normalized spacial score (nSPS) is 10.3. The highest BCUT2D eigenvalue weighted by Gasteiger charge is 2.08.